The van der Waals surface area contributed by atoms with Gasteiger partial charge in [0.2, 0.25) is 11.8 Å². The molecule has 26 nitrogen and oxygen atoms in total. The summed E-state index contributed by atoms with van der Waals surface area (Å²) >= 11 is 1.11. The highest BCUT2D eigenvalue weighted by atomic mass is 32.2. The standard InChI is InChI=1S/C36H62N7O19P3S/c1-21(8-6-10-22(2)16-26(45)46)9-7-11-23(3)35(50)66-15-14-38-25(44)12-13-39-33(49)30(48)36(4,5)18-59-65(56,57)62-64(54,55)58-17-24-29(61-63(51,52)53)28(47)34(60-24)43-20-42-27-31(37)40-19-41-32(27)43/h19-24,28-30,34,47-48H,6-18H2,1-5H3,(H,38,44)(H,39,49)(H,45,46)(H,54,55)(H,56,57)(H2,37,40,41)(H2,51,52,53)/t21?,22?,23?,24-,28+,29-,30+,34-/m1/s1. The van der Waals surface area contributed by atoms with E-state index < -0.39 is 90.5 Å². The molecule has 0 bridgehead atoms. The van der Waals surface area contributed by atoms with Crippen molar-refractivity contribution in [2.45, 2.75) is 117 Å². The van der Waals surface area contributed by atoms with Crippen LogP contribution in [0.25, 0.3) is 11.2 Å². The monoisotopic (exact) mass is 1020 g/mol. The smallest absolute Gasteiger partial charge is 0.481 e. The van der Waals surface area contributed by atoms with Crippen LogP contribution in [0.1, 0.15) is 92.2 Å². The molecular formula is C36H62N7O19P3S. The van der Waals surface area contributed by atoms with Crippen molar-refractivity contribution in [1.29, 1.82) is 0 Å². The SMILES string of the molecule is CC(CCCC(C)CC(=O)O)CCCC(C)C(=O)SCCNC(=O)CCNC(=O)[C@H](O)C(C)(C)COP(=O)(O)OP(=O)(O)OC[C@H]1O[C@@H](n2cnc3c(N)ncnc32)[C@@H](O)[C@@H]1OP(=O)(O)O. The number of hydrogen-bond donors (Lipinski definition) is 10. The van der Waals surface area contributed by atoms with Crippen molar-refractivity contribution in [2.75, 3.05) is 37.8 Å². The molecule has 0 saturated carbocycles. The van der Waals surface area contributed by atoms with E-state index in [1.54, 1.807) is 0 Å². The molecule has 1 fully saturated rings. The number of nitrogens with one attached hydrogen (secondary N) is 2. The van der Waals surface area contributed by atoms with Gasteiger partial charge in [-0.25, -0.2) is 28.6 Å². The van der Waals surface area contributed by atoms with E-state index in [9.17, 15) is 62.7 Å². The van der Waals surface area contributed by atoms with Crippen LogP contribution in [0, 0.1) is 23.2 Å². The lowest BCUT2D eigenvalue weighted by molar-refractivity contribution is -0.138. The Bertz CT molecular complexity index is 2100. The van der Waals surface area contributed by atoms with Crippen LogP contribution in [0.15, 0.2) is 12.7 Å². The average Bonchev–Trinajstić information content (AvgIpc) is 3.77. The summed E-state index contributed by atoms with van der Waals surface area (Å²) in [5.41, 5.74) is 4.25. The molecule has 66 heavy (non-hydrogen) atoms. The average molecular weight is 1020 g/mol. The van der Waals surface area contributed by atoms with Gasteiger partial charge < -0.3 is 56.0 Å². The van der Waals surface area contributed by atoms with Crippen molar-refractivity contribution in [3.05, 3.63) is 12.7 Å². The highest BCUT2D eigenvalue weighted by molar-refractivity contribution is 8.13. The van der Waals surface area contributed by atoms with Crippen LogP contribution < -0.4 is 16.4 Å². The number of ether oxygens (including phenoxy) is 1. The quantitative estimate of drug-likeness (QED) is 0.0396. The molecule has 10 atom stereocenters. The van der Waals surface area contributed by atoms with E-state index in [2.05, 4.69) is 41.3 Å². The maximum Gasteiger partial charge on any atom is 0.481 e. The molecule has 1 saturated heterocycles. The number of fused-ring (bicyclic) bond motifs is 1. The molecule has 30 heteroatoms. The maximum atomic E-state index is 12.7. The van der Waals surface area contributed by atoms with Gasteiger partial charge in [0.25, 0.3) is 0 Å². The van der Waals surface area contributed by atoms with Crippen LogP contribution in [-0.2, 0) is 55.5 Å². The minimum atomic E-state index is -5.59. The number of anilines is 1. The Morgan fingerprint density at radius 2 is 1.58 bits per heavy atom. The fourth-order valence-electron chi connectivity index (χ4n) is 6.67. The molecule has 2 aromatic heterocycles. The lowest BCUT2D eigenvalue weighted by atomic mass is 9.87. The van der Waals surface area contributed by atoms with Gasteiger partial charge in [0.15, 0.2) is 22.8 Å². The van der Waals surface area contributed by atoms with Crippen LogP contribution in [0.5, 0.6) is 0 Å². The number of aliphatic carboxylic acids is 1. The van der Waals surface area contributed by atoms with Crippen LogP contribution in [-0.4, -0.2) is 134 Å². The van der Waals surface area contributed by atoms with Gasteiger partial charge in [0, 0.05) is 43.0 Å². The topological polar surface area (TPSA) is 401 Å². The number of nitrogens with zero attached hydrogens (tertiary/aromatic N) is 4. The van der Waals surface area contributed by atoms with Crippen molar-refractivity contribution in [3.8, 4) is 0 Å². The van der Waals surface area contributed by atoms with E-state index in [0.29, 0.717) is 11.7 Å². The van der Waals surface area contributed by atoms with Gasteiger partial charge in [0.1, 0.15) is 36.3 Å². The van der Waals surface area contributed by atoms with Crippen molar-refractivity contribution in [3.63, 3.8) is 0 Å². The van der Waals surface area contributed by atoms with E-state index in [1.807, 2.05) is 13.8 Å². The summed E-state index contributed by atoms with van der Waals surface area (Å²) in [5, 5.41) is 35.5. The third-order valence-electron chi connectivity index (χ3n) is 10.4. The number of aromatic nitrogens is 4. The first kappa shape index (κ1) is 57.3. The van der Waals surface area contributed by atoms with Crippen molar-refractivity contribution in [1.82, 2.24) is 30.2 Å². The summed E-state index contributed by atoms with van der Waals surface area (Å²) in [5.74, 6) is -1.47. The Morgan fingerprint density at radius 3 is 2.23 bits per heavy atom. The summed E-state index contributed by atoms with van der Waals surface area (Å²) < 4.78 is 62.4. The lowest BCUT2D eigenvalue weighted by Gasteiger charge is -2.30. The predicted molar refractivity (Wildman–Crippen MR) is 235 cm³/mol. The van der Waals surface area contributed by atoms with E-state index in [0.717, 1.165) is 67.5 Å². The Morgan fingerprint density at radius 1 is 0.939 bits per heavy atom. The Hall–Kier alpha value is -2.97. The van der Waals surface area contributed by atoms with Crippen molar-refractivity contribution >= 4 is 75.1 Å². The Kier molecular flexibility index (Phi) is 22.2. The summed E-state index contributed by atoms with van der Waals surface area (Å²) in [4.78, 5) is 99.5. The largest absolute Gasteiger partial charge is 0.481 e. The first-order chi connectivity index (χ1) is 30.6. The van der Waals surface area contributed by atoms with E-state index in [-0.39, 0.29) is 59.9 Å². The van der Waals surface area contributed by atoms with Gasteiger partial charge in [-0.2, -0.15) is 4.31 Å². The number of imidazole rings is 1. The summed E-state index contributed by atoms with van der Waals surface area (Å²) in [7, 11) is -16.4. The molecular weight excluding hydrogens is 959 g/mol. The highest BCUT2D eigenvalue weighted by Crippen LogP contribution is 2.61. The van der Waals surface area contributed by atoms with Gasteiger partial charge in [-0.15, -0.1) is 0 Å². The second-order valence-electron chi connectivity index (χ2n) is 16.8. The molecule has 0 aliphatic carbocycles. The molecule has 11 N–H and O–H groups in total. The number of nitrogens with two attached hydrogens (primary N) is 1. The van der Waals surface area contributed by atoms with E-state index in [1.165, 1.54) is 13.8 Å². The zero-order chi connectivity index (χ0) is 49.6. The number of aliphatic hydroxyl groups is 2. The fraction of sp³-hybridized carbons (Fsp3) is 0.750. The Balaban J connectivity index is 1.37. The number of hydrogen-bond acceptors (Lipinski definition) is 19. The second kappa shape index (κ2) is 25.6. The number of carboxylic acids is 1. The second-order valence-corrected chi connectivity index (χ2v) is 22.1. The fourth-order valence-corrected chi connectivity index (χ4v) is 10.3. The van der Waals surface area contributed by atoms with Crippen molar-refractivity contribution in [2.24, 2.45) is 23.2 Å². The first-order valence-electron chi connectivity index (χ1n) is 20.9. The van der Waals surface area contributed by atoms with Gasteiger partial charge in [-0.05, 0) is 18.3 Å². The minimum absolute atomic E-state index is 0.0105. The van der Waals surface area contributed by atoms with Gasteiger partial charge in [0.05, 0.1) is 19.5 Å². The highest BCUT2D eigenvalue weighted by Gasteiger charge is 2.50. The number of carboxylic acid groups (broad SMARTS) is 1. The molecule has 2 amide bonds. The van der Waals surface area contributed by atoms with Crippen LogP contribution in [0.2, 0.25) is 0 Å². The van der Waals surface area contributed by atoms with Gasteiger partial charge in [-0.1, -0.05) is 78.5 Å². The van der Waals surface area contributed by atoms with E-state index in [4.69, 9.17) is 24.6 Å². The molecule has 2 aromatic rings. The predicted octanol–water partition coefficient (Wildman–Crippen LogP) is 2.39. The third-order valence-corrected chi connectivity index (χ3v) is 14.6. The molecule has 0 aromatic carbocycles. The molecule has 0 radical (unpaired) electrons. The van der Waals surface area contributed by atoms with Gasteiger partial charge >= 0.3 is 29.4 Å². The Labute approximate surface area is 384 Å². The van der Waals surface area contributed by atoms with Crippen LogP contribution in [0.3, 0.4) is 0 Å². The number of nitrogen functional groups attached to an aromatic ring is 1. The summed E-state index contributed by atoms with van der Waals surface area (Å²) in [6, 6.07) is 0. The van der Waals surface area contributed by atoms with Crippen molar-refractivity contribution < 1.29 is 90.4 Å². The maximum absolute atomic E-state index is 12.7. The minimum Gasteiger partial charge on any atom is -0.481 e. The number of carbonyl (C=O) groups is 4. The van der Waals surface area contributed by atoms with E-state index >= 15 is 0 Å². The lowest BCUT2D eigenvalue weighted by Crippen LogP contribution is -2.46. The third kappa shape index (κ3) is 19.2. The van der Waals surface area contributed by atoms with Crippen LogP contribution in [0.4, 0.5) is 5.82 Å². The molecule has 3 rings (SSSR count). The zero-order valence-corrected chi connectivity index (χ0v) is 40.6. The summed E-state index contributed by atoms with van der Waals surface area (Å²) in [6.45, 7) is 6.40. The number of amides is 2. The number of phosphoric ester groups is 3. The number of phosphoric acid groups is 3. The zero-order valence-electron chi connectivity index (χ0n) is 37.1. The molecule has 376 valence electrons. The number of rotatable bonds is 30. The number of aliphatic hydroxyl groups excluding tert-OH is 2. The normalized spacial score (nSPS) is 21.6. The molecule has 0 spiro atoms. The van der Waals surface area contributed by atoms with Crippen LogP contribution >= 0.6 is 35.2 Å². The summed E-state index contributed by atoms with van der Waals surface area (Å²) in [6.07, 6.45) is -1.39. The number of carbonyl (C=O) groups excluding carboxylic acids is 3. The molecule has 3 heterocycles. The first-order valence-corrected chi connectivity index (χ1v) is 26.4. The number of thioether (sulfide) groups is 1. The van der Waals surface area contributed by atoms with Gasteiger partial charge in [-0.3, -0.25) is 37.3 Å². The molecule has 5 unspecified atom stereocenters. The molecule has 1 aliphatic heterocycles. The molecule has 1 aliphatic rings.